The number of imidazole rings is 1. The number of pyridine rings is 2. The van der Waals surface area contributed by atoms with Crippen molar-refractivity contribution in [2.75, 3.05) is 45.2 Å². The van der Waals surface area contributed by atoms with Crippen molar-refractivity contribution in [2.45, 2.75) is 63.1 Å². The molecule has 3 amide bonds. The second kappa shape index (κ2) is 18.1. The van der Waals surface area contributed by atoms with Crippen molar-refractivity contribution >= 4 is 45.5 Å². The van der Waals surface area contributed by atoms with E-state index >= 15 is 8.78 Å². The van der Waals surface area contributed by atoms with Crippen LogP contribution >= 0.6 is 0 Å². The van der Waals surface area contributed by atoms with Gasteiger partial charge in [-0.05, 0) is 93.6 Å². The van der Waals surface area contributed by atoms with Crippen LogP contribution in [0.3, 0.4) is 0 Å². The van der Waals surface area contributed by atoms with Crippen molar-refractivity contribution in [3.63, 3.8) is 0 Å². The van der Waals surface area contributed by atoms with Crippen LogP contribution in [0.4, 0.5) is 18.9 Å². The van der Waals surface area contributed by atoms with Gasteiger partial charge in [0, 0.05) is 87.2 Å². The fourth-order valence-corrected chi connectivity index (χ4v) is 9.59. The number of imide groups is 1. The van der Waals surface area contributed by atoms with E-state index in [2.05, 4.69) is 32.4 Å². The smallest absolute Gasteiger partial charge is 0.329 e. The number of hydrogen-bond acceptors (Lipinski definition) is 9. The lowest BCUT2D eigenvalue weighted by molar-refractivity contribution is -0.135. The monoisotopic (exact) mass is 903 g/mol. The molecule has 0 saturated carbocycles. The molecule has 3 aliphatic heterocycles. The minimum absolute atomic E-state index is 0.00516. The molecular weight excluding hydrogens is 856 g/mol. The summed E-state index contributed by atoms with van der Waals surface area (Å²) in [6.07, 6.45) is 5.04. The Morgan fingerprint density at radius 1 is 0.879 bits per heavy atom. The van der Waals surface area contributed by atoms with E-state index in [0.717, 1.165) is 24.0 Å². The average molecular weight is 904 g/mol. The molecule has 18 heteroatoms. The van der Waals surface area contributed by atoms with E-state index in [1.54, 1.807) is 49.5 Å². The quantitative estimate of drug-likeness (QED) is 0.153. The molecule has 0 bridgehead atoms. The first-order valence-electron chi connectivity index (χ1n) is 22.0. The predicted octanol–water partition coefficient (Wildman–Crippen LogP) is 4.87. The third kappa shape index (κ3) is 8.40. The largest absolute Gasteiger partial charge is 0.386 e. The van der Waals surface area contributed by atoms with Crippen molar-refractivity contribution in [1.82, 2.24) is 38.4 Å². The van der Waals surface area contributed by atoms with E-state index in [-0.39, 0.29) is 59.9 Å². The molecule has 3 saturated heterocycles. The van der Waals surface area contributed by atoms with Crippen LogP contribution in [-0.4, -0.2) is 96.7 Å². The number of nitrogens with zero attached hydrogens (tertiary/aromatic N) is 7. The highest BCUT2D eigenvalue weighted by Gasteiger charge is 2.32. The summed E-state index contributed by atoms with van der Waals surface area (Å²) in [6, 6.07) is 11.6. The lowest BCUT2D eigenvalue weighted by Gasteiger charge is -2.33. The number of halogens is 3. The van der Waals surface area contributed by atoms with E-state index in [1.807, 2.05) is 17.7 Å². The Labute approximate surface area is 376 Å². The number of amides is 3. The molecule has 2 N–H and O–H groups in total. The lowest BCUT2D eigenvalue weighted by Crippen LogP contribution is -2.44. The van der Waals surface area contributed by atoms with Crippen LogP contribution in [0.15, 0.2) is 70.5 Å². The first-order chi connectivity index (χ1) is 31.8. The Morgan fingerprint density at radius 2 is 1.62 bits per heavy atom. The number of aryl methyl sites for hydroxylation is 2. The van der Waals surface area contributed by atoms with Gasteiger partial charge in [0.15, 0.2) is 5.82 Å². The van der Waals surface area contributed by atoms with Gasteiger partial charge in [0.05, 0.1) is 34.7 Å². The Hall–Kier alpha value is -6.97. The summed E-state index contributed by atoms with van der Waals surface area (Å²) in [5.74, 6) is 2.37. The fourth-order valence-electron chi connectivity index (χ4n) is 9.59. The Morgan fingerprint density at radius 3 is 2.33 bits per heavy atom. The van der Waals surface area contributed by atoms with Crippen LogP contribution in [-0.2, 0) is 35.0 Å². The van der Waals surface area contributed by atoms with Gasteiger partial charge in [-0.1, -0.05) is 11.8 Å². The fraction of sp³-hybridized carbons (Fsp3) is 0.375. The zero-order valence-corrected chi connectivity index (χ0v) is 36.7. The molecule has 342 valence electrons. The molecule has 9 rings (SSSR count). The summed E-state index contributed by atoms with van der Waals surface area (Å²) in [5.41, 5.74) is 3.18. The maximum Gasteiger partial charge on any atom is 0.329 e. The van der Waals surface area contributed by atoms with Gasteiger partial charge in [-0.15, -0.1) is 0 Å². The first-order valence-corrected chi connectivity index (χ1v) is 22.0. The number of nitrogens with one attached hydrogen (secondary N) is 2. The highest BCUT2D eigenvalue weighted by Crippen LogP contribution is 2.34. The molecule has 3 fully saturated rings. The highest BCUT2D eigenvalue weighted by atomic mass is 19.1. The molecule has 1 unspecified atom stereocenters. The normalized spacial score (nSPS) is 17.6. The number of likely N-dealkylation sites (tertiary alicyclic amines) is 2. The van der Waals surface area contributed by atoms with Gasteiger partial charge in [-0.25, -0.2) is 22.9 Å². The van der Waals surface area contributed by atoms with Crippen LogP contribution in [0, 0.1) is 29.3 Å². The van der Waals surface area contributed by atoms with E-state index in [4.69, 9.17) is 4.74 Å². The number of rotatable bonds is 9. The maximum atomic E-state index is 15.7. The predicted molar refractivity (Wildman–Crippen MR) is 240 cm³/mol. The summed E-state index contributed by atoms with van der Waals surface area (Å²) >= 11 is 0. The number of piperidine rings is 3. The second-order valence-corrected chi connectivity index (χ2v) is 17.1. The topological polar surface area (TPSA) is 158 Å². The Bertz CT molecular complexity index is 3090. The number of ether oxygens (including phenoxy) is 1. The second-order valence-electron chi connectivity index (χ2n) is 17.1. The zero-order valence-electron chi connectivity index (χ0n) is 36.7. The molecule has 0 spiro atoms. The molecule has 0 radical (unpaired) electrons. The van der Waals surface area contributed by atoms with Gasteiger partial charge in [0.2, 0.25) is 11.8 Å². The van der Waals surface area contributed by atoms with Crippen molar-refractivity contribution in [3.8, 4) is 17.5 Å². The summed E-state index contributed by atoms with van der Waals surface area (Å²) in [5, 5.41) is 5.68. The number of anilines is 1. The molecular formula is C48H48F3N9O6. The van der Waals surface area contributed by atoms with Crippen molar-refractivity contribution in [1.29, 1.82) is 0 Å². The van der Waals surface area contributed by atoms with Gasteiger partial charge in [0.1, 0.15) is 29.9 Å². The summed E-state index contributed by atoms with van der Waals surface area (Å²) < 4.78 is 58.2. The molecule has 4 aromatic heterocycles. The maximum absolute atomic E-state index is 15.7. The van der Waals surface area contributed by atoms with E-state index < -0.39 is 40.9 Å². The van der Waals surface area contributed by atoms with Crippen LogP contribution < -0.4 is 21.9 Å². The Kier molecular flexibility index (Phi) is 12.2. The van der Waals surface area contributed by atoms with Crippen LogP contribution in [0.5, 0.6) is 0 Å². The lowest BCUT2D eigenvalue weighted by atomic mass is 9.88. The van der Waals surface area contributed by atoms with Gasteiger partial charge in [0.25, 0.3) is 11.5 Å². The van der Waals surface area contributed by atoms with Gasteiger partial charge >= 0.3 is 5.69 Å². The molecule has 0 aliphatic carbocycles. The SMILES string of the molecule is CNc1cc(=O)n(-c2ccnc3c2cc(CN2CCC(c4c(F)cc(C(=O)N5CCC(OCC#Cc6ccc7c(c6)n(C)c(=O)n7C6CCC(=O)NC6=O)CC5)cc4F)CC2)n3C)cc1F. The molecule has 15 nitrogen and oxygen atoms in total. The van der Waals surface area contributed by atoms with Crippen molar-refractivity contribution in [2.24, 2.45) is 14.1 Å². The van der Waals surface area contributed by atoms with Crippen molar-refractivity contribution in [3.05, 3.63) is 122 Å². The summed E-state index contributed by atoms with van der Waals surface area (Å²) in [7, 11) is 5.04. The van der Waals surface area contributed by atoms with Gasteiger partial charge in [-0.2, -0.15) is 0 Å². The number of benzene rings is 2. The standard InChI is InChI=1S/C48H48F3N9O6/c1-52-37-25-43(62)59(27-36(37)51)38-10-15-53-45-33(38)24-31(55(45)2)26-57-16-11-29(12-17-57)44-34(49)22-30(23-35(44)50)47(64)58-18-13-32(14-19-58)66-20-4-5-28-6-7-39-41(21-28)56(3)48(65)60(39)40-8-9-42(61)54-46(40)63/h6-7,10,15,21-25,27,29,32,40,52H,8-9,11-14,16-20,26H2,1-3H3,(H,54,61,63). The number of fused-ring (bicyclic) bond motifs is 2. The van der Waals surface area contributed by atoms with Gasteiger partial charge < -0.3 is 19.5 Å². The number of aromatic nitrogens is 5. The number of hydrogen-bond donors (Lipinski definition) is 2. The van der Waals surface area contributed by atoms with Crippen LogP contribution in [0.2, 0.25) is 0 Å². The molecule has 1 atom stereocenters. The first kappa shape index (κ1) is 44.2. The molecule has 3 aliphatic rings. The van der Waals surface area contributed by atoms with Crippen molar-refractivity contribution < 1.29 is 32.3 Å². The minimum atomic E-state index is -0.777. The third-order valence-electron chi connectivity index (χ3n) is 13.2. The average Bonchev–Trinajstić information content (AvgIpc) is 3.76. The Balaban J connectivity index is 0.771. The summed E-state index contributed by atoms with van der Waals surface area (Å²) in [4.78, 5) is 71.9. The van der Waals surface area contributed by atoms with Crippen LogP contribution in [0.1, 0.15) is 77.7 Å². The molecule has 66 heavy (non-hydrogen) atoms. The zero-order chi connectivity index (χ0) is 46.4. The van der Waals surface area contributed by atoms with Gasteiger partial charge in [-0.3, -0.25) is 43.1 Å². The highest BCUT2D eigenvalue weighted by molar-refractivity contribution is 6.00. The molecule has 2 aromatic carbocycles. The van der Waals surface area contributed by atoms with E-state index in [1.165, 1.54) is 19.8 Å². The molecule has 6 aromatic rings. The number of carbonyl (C=O) groups is 3. The van der Waals surface area contributed by atoms with Crippen LogP contribution in [0.25, 0.3) is 27.8 Å². The third-order valence-corrected chi connectivity index (χ3v) is 13.2. The number of carbonyl (C=O) groups excluding carboxylic acids is 3. The van der Waals surface area contributed by atoms with E-state index in [9.17, 15) is 28.4 Å². The molecule has 7 heterocycles. The summed E-state index contributed by atoms with van der Waals surface area (Å²) in [6.45, 7) is 2.51. The van der Waals surface area contributed by atoms with E-state index in [0.29, 0.717) is 91.7 Å². The minimum Gasteiger partial charge on any atom is -0.386 e.